The van der Waals surface area contributed by atoms with E-state index < -0.39 is 0 Å². The number of esters is 1. The largest absolute Gasteiger partial charge is 0.508 e. The van der Waals surface area contributed by atoms with Gasteiger partial charge in [0.25, 0.3) is 0 Å². The van der Waals surface area contributed by atoms with E-state index >= 15 is 0 Å². The van der Waals surface area contributed by atoms with Crippen molar-refractivity contribution in [3.63, 3.8) is 0 Å². The summed E-state index contributed by atoms with van der Waals surface area (Å²) in [5.41, 5.74) is 2.27. The number of hydrogen-bond acceptors (Lipinski definition) is 4. The first-order valence-electron chi connectivity index (χ1n) is 4.66. The standard InChI is InChI=1S/C12H10O3S/c1-15-12(14)11-7-16-6-10(11)8-2-4-9(13)5-3-8/h2-7,13H,1H3. The molecule has 0 amide bonds. The van der Waals surface area contributed by atoms with Crippen LogP contribution in [0.15, 0.2) is 35.0 Å². The van der Waals surface area contributed by atoms with Gasteiger partial charge in [-0.15, -0.1) is 0 Å². The number of ether oxygens (including phenoxy) is 1. The van der Waals surface area contributed by atoms with Crippen LogP contribution in [-0.4, -0.2) is 18.2 Å². The molecule has 0 radical (unpaired) electrons. The number of rotatable bonds is 2. The van der Waals surface area contributed by atoms with Crippen LogP contribution in [0, 0.1) is 0 Å². The van der Waals surface area contributed by atoms with E-state index in [2.05, 4.69) is 0 Å². The lowest BCUT2D eigenvalue weighted by Crippen LogP contribution is -2.00. The zero-order valence-electron chi connectivity index (χ0n) is 8.64. The highest BCUT2D eigenvalue weighted by molar-refractivity contribution is 7.08. The van der Waals surface area contributed by atoms with Gasteiger partial charge < -0.3 is 9.84 Å². The van der Waals surface area contributed by atoms with E-state index in [1.807, 2.05) is 5.38 Å². The van der Waals surface area contributed by atoms with Gasteiger partial charge in [0.15, 0.2) is 0 Å². The summed E-state index contributed by atoms with van der Waals surface area (Å²) in [6, 6.07) is 6.72. The Bertz CT molecular complexity index is 499. The molecule has 1 heterocycles. The van der Waals surface area contributed by atoms with E-state index in [-0.39, 0.29) is 11.7 Å². The molecule has 2 aromatic rings. The third-order valence-electron chi connectivity index (χ3n) is 2.25. The van der Waals surface area contributed by atoms with Crippen LogP contribution in [0.2, 0.25) is 0 Å². The summed E-state index contributed by atoms with van der Waals surface area (Å²) in [6.07, 6.45) is 0. The fraction of sp³-hybridized carbons (Fsp3) is 0.0833. The van der Waals surface area contributed by atoms with Crippen LogP contribution in [0.3, 0.4) is 0 Å². The van der Waals surface area contributed by atoms with E-state index in [4.69, 9.17) is 4.74 Å². The maximum atomic E-state index is 11.5. The maximum Gasteiger partial charge on any atom is 0.339 e. The number of phenols is 1. The molecule has 0 bridgehead atoms. The number of phenolic OH excluding ortho intramolecular Hbond substituents is 1. The molecule has 0 fully saturated rings. The Kier molecular flexibility index (Phi) is 2.92. The number of aromatic hydroxyl groups is 1. The monoisotopic (exact) mass is 234 g/mol. The number of methoxy groups -OCH3 is 1. The van der Waals surface area contributed by atoms with Crippen molar-refractivity contribution in [1.82, 2.24) is 0 Å². The molecule has 0 aliphatic heterocycles. The second kappa shape index (κ2) is 4.37. The van der Waals surface area contributed by atoms with E-state index in [0.29, 0.717) is 5.56 Å². The minimum absolute atomic E-state index is 0.207. The number of carbonyl (C=O) groups is 1. The summed E-state index contributed by atoms with van der Waals surface area (Å²) in [6.45, 7) is 0. The van der Waals surface area contributed by atoms with Gasteiger partial charge in [-0.3, -0.25) is 0 Å². The van der Waals surface area contributed by atoms with Gasteiger partial charge in [0.2, 0.25) is 0 Å². The second-order valence-electron chi connectivity index (χ2n) is 3.24. The van der Waals surface area contributed by atoms with Gasteiger partial charge in [-0.2, -0.15) is 11.3 Å². The summed E-state index contributed by atoms with van der Waals surface area (Å²) in [4.78, 5) is 11.5. The average Bonchev–Trinajstić information content (AvgIpc) is 2.78. The Morgan fingerprint density at radius 1 is 1.25 bits per heavy atom. The molecule has 0 saturated carbocycles. The topological polar surface area (TPSA) is 46.5 Å². The summed E-state index contributed by atoms with van der Waals surface area (Å²) in [7, 11) is 1.36. The van der Waals surface area contributed by atoms with Crippen molar-refractivity contribution < 1.29 is 14.6 Å². The molecular weight excluding hydrogens is 224 g/mol. The van der Waals surface area contributed by atoms with E-state index in [1.54, 1.807) is 29.6 Å². The average molecular weight is 234 g/mol. The van der Waals surface area contributed by atoms with Crippen LogP contribution < -0.4 is 0 Å². The number of hydrogen-bond donors (Lipinski definition) is 1. The smallest absolute Gasteiger partial charge is 0.339 e. The molecule has 3 nitrogen and oxygen atoms in total. The summed E-state index contributed by atoms with van der Waals surface area (Å²) in [5, 5.41) is 12.8. The summed E-state index contributed by atoms with van der Waals surface area (Å²) >= 11 is 1.45. The number of thiophene rings is 1. The third-order valence-corrected chi connectivity index (χ3v) is 2.99. The summed E-state index contributed by atoms with van der Waals surface area (Å²) < 4.78 is 4.70. The van der Waals surface area contributed by atoms with Gasteiger partial charge in [0.1, 0.15) is 5.75 Å². The molecule has 1 aromatic heterocycles. The Hall–Kier alpha value is -1.81. The molecule has 4 heteroatoms. The molecule has 82 valence electrons. The van der Waals surface area contributed by atoms with Gasteiger partial charge in [-0.25, -0.2) is 4.79 Å². The molecule has 16 heavy (non-hydrogen) atoms. The van der Waals surface area contributed by atoms with E-state index in [1.165, 1.54) is 18.4 Å². The van der Waals surface area contributed by atoms with Crippen LogP contribution >= 0.6 is 11.3 Å². The lowest BCUT2D eigenvalue weighted by Gasteiger charge is -2.02. The molecule has 0 spiro atoms. The Morgan fingerprint density at radius 2 is 1.94 bits per heavy atom. The first-order chi connectivity index (χ1) is 7.72. The predicted molar refractivity (Wildman–Crippen MR) is 62.8 cm³/mol. The lowest BCUT2D eigenvalue weighted by atomic mass is 10.0. The second-order valence-corrected chi connectivity index (χ2v) is 3.98. The van der Waals surface area contributed by atoms with Crippen LogP contribution in [-0.2, 0) is 4.74 Å². The Balaban J connectivity index is 2.44. The van der Waals surface area contributed by atoms with Crippen molar-refractivity contribution in [2.45, 2.75) is 0 Å². The van der Waals surface area contributed by atoms with Gasteiger partial charge in [-0.05, 0) is 23.1 Å². The Labute approximate surface area is 96.9 Å². The number of carbonyl (C=O) groups excluding carboxylic acids is 1. The van der Waals surface area contributed by atoms with Gasteiger partial charge in [0, 0.05) is 10.9 Å². The fourth-order valence-electron chi connectivity index (χ4n) is 1.43. The minimum atomic E-state index is -0.343. The molecule has 0 aliphatic carbocycles. The fourth-order valence-corrected chi connectivity index (χ4v) is 2.26. The molecule has 0 aliphatic rings. The Morgan fingerprint density at radius 3 is 2.56 bits per heavy atom. The molecule has 1 aromatic carbocycles. The minimum Gasteiger partial charge on any atom is -0.508 e. The predicted octanol–water partition coefficient (Wildman–Crippen LogP) is 2.91. The zero-order chi connectivity index (χ0) is 11.5. The van der Waals surface area contributed by atoms with E-state index in [0.717, 1.165) is 11.1 Å². The third kappa shape index (κ3) is 1.92. The summed E-state index contributed by atoms with van der Waals surface area (Å²) in [5.74, 6) is -0.136. The molecule has 0 saturated heterocycles. The maximum absolute atomic E-state index is 11.5. The zero-order valence-corrected chi connectivity index (χ0v) is 9.45. The van der Waals surface area contributed by atoms with Crippen molar-refractivity contribution in [3.8, 4) is 16.9 Å². The SMILES string of the molecule is COC(=O)c1cscc1-c1ccc(O)cc1. The normalized spacial score (nSPS) is 10.1. The highest BCUT2D eigenvalue weighted by Crippen LogP contribution is 2.29. The van der Waals surface area contributed by atoms with E-state index in [9.17, 15) is 9.90 Å². The molecular formula is C12H10O3S. The quantitative estimate of drug-likeness (QED) is 0.813. The molecule has 0 unspecified atom stereocenters. The first kappa shape index (κ1) is 10.7. The molecule has 1 N–H and O–H groups in total. The van der Waals surface area contributed by atoms with Crippen LogP contribution in [0.5, 0.6) is 5.75 Å². The van der Waals surface area contributed by atoms with Gasteiger partial charge in [-0.1, -0.05) is 12.1 Å². The number of benzene rings is 1. The molecule has 0 atom stereocenters. The highest BCUT2D eigenvalue weighted by Gasteiger charge is 2.13. The van der Waals surface area contributed by atoms with Crippen molar-refractivity contribution in [2.75, 3.05) is 7.11 Å². The van der Waals surface area contributed by atoms with Crippen LogP contribution in [0.25, 0.3) is 11.1 Å². The van der Waals surface area contributed by atoms with Crippen molar-refractivity contribution in [1.29, 1.82) is 0 Å². The van der Waals surface area contributed by atoms with Gasteiger partial charge >= 0.3 is 5.97 Å². The highest BCUT2D eigenvalue weighted by atomic mass is 32.1. The van der Waals surface area contributed by atoms with Crippen molar-refractivity contribution in [2.24, 2.45) is 0 Å². The van der Waals surface area contributed by atoms with Crippen molar-refractivity contribution in [3.05, 3.63) is 40.6 Å². The lowest BCUT2D eigenvalue weighted by molar-refractivity contribution is 0.0602. The first-order valence-corrected chi connectivity index (χ1v) is 5.60. The molecule has 2 rings (SSSR count). The van der Waals surface area contributed by atoms with Gasteiger partial charge in [0.05, 0.1) is 12.7 Å². The van der Waals surface area contributed by atoms with Crippen molar-refractivity contribution >= 4 is 17.3 Å². The van der Waals surface area contributed by atoms with Crippen LogP contribution in [0.4, 0.5) is 0 Å². The van der Waals surface area contributed by atoms with Crippen LogP contribution in [0.1, 0.15) is 10.4 Å².